The summed E-state index contributed by atoms with van der Waals surface area (Å²) in [6.45, 7) is 1.43. The van der Waals surface area contributed by atoms with Crippen LogP contribution in [0.25, 0.3) is 0 Å². The van der Waals surface area contributed by atoms with Gasteiger partial charge in [0.05, 0.1) is 0 Å². The normalized spacial score (nSPS) is 19.7. The first kappa shape index (κ1) is 20.5. The monoisotopic (exact) mass is 427 g/mol. The van der Waals surface area contributed by atoms with Gasteiger partial charge < -0.3 is 10.6 Å². The number of benzene rings is 2. The number of carbonyl (C=O) groups is 1. The van der Waals surface area contributed by atoms with Crippen LogP contribution in [0.5, 0.6) is 0 Å². The van der Waals surface area contributed by atoms with Gasteiger partial charge in [0.15, 0.2) is 0 Å². The second kappa shape index (κ2) is 8.17. The molecule has 0 bridgehead atoms. The Kier molecular flexibility index (Phi) is 5.59. The summed E-state index contributed by atoms with van der Waals surface area (Å²) in [4.78, 5) is 14.1. The van der Waals surface area contributed by atoms with Crippen molar-refractivity contribution in [3.8, 4) is 0 Å². The Morgan fingerprint density at radius 2 is 1.93 bits per heavy atom. The number of nitrogen functional groups attached to an aromatic ring is 1. The summed E-state index contributed by atoms with van der Waals surface area (Å²) in [6.07, 6.45) is 0.815. The summed E-state index contributed by atoms with van der Waals surface area (Å²) in [5.74, 6) is -0.127. The van der Waals surface area contributed by atoms with Crippen molar-refractivity contribution in [2.45, 2.75) is 32.0 Å². The standard InChI is InChI=1S/C21H25N5O3S/c22-21(23)17-7-3-4-15(10-17)12-25-14-19(11-20(25)27)24-30(28,29)26-9-8-16-5-1-2-6-18(16)13-26/h1-7,10,19,24H,8-9,11-14H2,(H3,22,23). The van der Waals surface area contributed by atoms with Gasteiger partial charge in [0.25, 0.3) is 10.2 Å². The van der Waals surface area contributed by atoms with Gasteiger partial charge in [-0.2, -0.15) is 17.4 Å². The van der Waals surface area contributed by atoms with E-state index in [4.69, 9.17) is 11.1 Å². The van der Waals surface area contributed by atoms with Crippen molar-refractivity contribution in [2.24, 2.45) is 5.73 Å². The molecule has 1 saturated heterocycles. The van der Waals surface area contributed by atoms with Gasteiger partial charge in [-0.25, -0.2) is 0 Å². The average Bonchev–Trinajstić information content (AvgIpc) is 3.05. The van der Waals surface area contributed by atoms with Crippen molar-refractivity contribution in [3.05, 3.63) is 70.8 Å². The van der Waals surface area contributed by atoms with Crippen LogP contribution in [-0.2, 0) is 34.5 Å². The van der Waals surface area contributed by atoms with E-state index in [1.165, 1.54) is 9.87 Å². The highest BCUT2D eigenvalue weighted by molar-refractivity contribution is 7.87. The topological polar surface area (TPSA) is 120 Å². The van der Waals surface area contributed by atoms with Crippen LogP contribution in [0.15, 0.2) is 48.5 Å². The number of rotatable bonds is 6. The van der Waals surface area contributed by atoms with Crippen molar-refractivity contribution in [1.29, 1.82) is 5.41 Å². The molecule has 2 heterocycles. The second-order valence-corrected chi connectivity index (χ2v) is 9.47. The number of amides is 1. The van der Waals surface area contributed by atoms with E-state index in [9.17, 15) is 13.2 Å². The summed E-state index contributed by atoms with van der Waals surface area (Å²) >= 11 is 0. The Hall–Kier alpha value is -2.75. The highest BCUT2D eigenvalue weighted by atomic mass is 32.2. The van der Waals surface area contributed by atoms with Gasteiger partial charge in [0.1, 0.15) is 5.84 Å². The molecule has 2 aliphatic heterocycles. The van der Waals surface area contributed by atoms with Crippen molar-refractivity contribution < 1.29 is 13.2 Å². The molecule has 30 heavy (non-hydrogen) atoms. The van der Waals surface area contributed by atoms with Gasteiger partial charge >= 0.3 is 0 Å². The SMILES string of the molecule is N=C(N)c1cccc(CN2CC(NS(=O)(=O)N3CCc4ccccc4C3)CC2=O)c1. The van der Waals surface area contributed by atoms with E-state index in [2.05, 4.69) is 4.72 Å². The number of fused-ring (bicyclic) bond motifs is 1. The van der Waals surface area contributed by atoms with E-state index >= 15 is 0 Å². The van der Waals surface area contributed by atoms with Gasteiger partial charge in [-0.3, -0.25) is 10.2 Å². The Bertz CT molecular complexity index is 1090. The van der Waals surface area contributed by atoms with Crippen LogP contribution in [0.1, 0.15) is 28.7 Å². The third kappa shape index (κ3) is 4.38. The third-order valence-corrected chi connectivity index (χ3v) is 7.20. The molecule has 0 radical (unpaired) electrons. The zero-order valence-corrected chi connectivity index (χ0v) is 17.4. The number of hydrogen-bond acceptors (Lipinski definition) is 4. The summed E-state index contributed by atoms with van der Waals surface area (Å²) in [5.41, 5.74) is 9.18. The molecule has 2 aliphatic rings. The number of carbonyl (C=O) groups excluding carboxylic acids is 1. The van der Waals surface area contributed by atoms with E-state index in [0.717, 1.165) is 11.1 Å². The summed E-state index contributed by atoms with van der Waals surface area (Å²) < 4.78 is 29.9. The molecule has 8 nitrogen and oxygen atoms in total. The minimum absolute atomic E-state index is 0.0293. The summed E-state index contributed by atoms with van der Waals surface area (Å²) in [6, 6.07) is 14.6. The molecule has 1 amide bonds. The molecule has 158 valence electrons. The zero-order valence-electron chi connectivity index (χ0n) is 16.5. The zero-order chi connectivity index (χ0) is 21.3. The van der Waals surface area contributed by atoms with Crippen LogP contribution >= 0.6 is 0 Å². The lowest BCUT2D eigenvalue weighted by Crippen LogP contribution is -2.47. The quantitative estimate of drug-likeness (QED) is 0.470. The Labute approximate surface area is 176 Å². The van der Waals surface area contributed by atoms with E-state index in [-0.39, 0.29) is 18.2 Å². The predicted molar refractivity (Wildman–Crippen MR) is 114 cm³/mol. The number of amidine groups is 1. The van der Waals surface area contributed by atoms with Crippen LogP contribution in [0, 0.1) is 5.41 Å². The fourth-order valence-corrected chi connectivity index (χ4v) is 5.39. The molecule has 4 N–H and O–H groups in total. The molecule has 2 aromatic rings. The molecule has 9 heteroatoms. The van der Waals surface area contributed by atoms with Gasteiger partial charge in [0, 0.05) is 44.2 Å². The maximum absolute atomic E-state index is 12.9. The van der Waals surface area contributed by atoms with E-state index in [1.807, 2.05) is 30.3 Å². The van der Waals surface area contributed by atoms with Crippen LogP contribution < -0.4 is 10.5 Å². The number of nitrogens with one attached hydrogen (secondary N) is 2. The van der Waals surface area contributed by atoms with Crippen LogP contribution in [0.4, 0.5) is 0 Å². The lowest BCUT2D eigenvalue weighted by Gasteiger charge is -2.29. The predicted octanol–water partition coefficient (Wildman–Crippen LogP) is 0.964. The van der Waals surface area contributed by atoms with E-state index < -0.39 is 16.3 Å². The fourth-order valence-electron chi connectivity index (χ4n) is 4.02. The Balaban J connectivity index is 1.39. The number of nitrogens with two attached hydrogens (primary N) is 1. The number of hydrogen-bond donors (Lipinski definition) is 3. The summed E-state index contributed by atoms with van der Waals surface area (Å²) in [7, 11) is -3.69. The molecule has 0 spiro atoms. The molecule has 0 aromatic heterocycles. The molecule has 0 aliphatic carbocycles. The van der Waals surface area contributed by atoms with E-state index in [0.29, 0.717) is 38.2 Å². The van der Waals surface area contributed by atoms with Crippen molar-refractivity contribution >= 4 is 22.0 Å². The maximum atomic E-state index is 12.9. The third-order valence-electron chi connectivity index (χ3n) is 5.58. The Morgan fingerprint density at radius 3 is 2.70 bits per heavy atom. The highest BCUT2D eigenvalue weighted by Crippen LogP contribution is 2.22. The average molecular weight is 428 g/mol. The molecule has 1 unspecified atom stereocenters. The molecule has 0 saturated carbocycles. The molecule has 4 rings (SSSR count). The molecular weight excluding hydrogens is 402 g/mol. The minimum Gasteiger partial charge on any atom is -0.384 e. The van der Waals surface area contributed by atoms with Gasteiger partial charge in [-0.1, -0.05) is 42.5 Å². The van der Waals surface area contributed by atoms with Gasteiger partial charge in [-0.05, 0) is 29.2 Å². The first-order chi connectivity index (χ1) is 14.3. The van der Waals surface area contributed by atoms with Crippen LogP contribution in [-0.4, -0.2) is 48.5 Å². The molecule has 2 aromatic carbocycles. The lowest BCUT2D eigenvalue weighted by atomic mass is 10.0. The van der Waals surface area contributed by atoms with Crippen LogP contribution in [0.2, 0.25) is 0 Å². The fraction of sp³-hybridized carbons (Fsp3) is 0.333. The lowest BCUT2D eigenvalue weighted by molar-refractivity contribution is -0.128. The molecule has 1 atom stereocenters. The molecule has 1 fully saturated rings. The highest BCUT2D eigenvalue weighted by Gasteiger charge is 2.35. The number of likely N-dealkylation sites (tertiary alicyclic amines) is 1. The smallest absolute Gasteiger partial charge is 0.280 e. The van der Waals surface area contributed by atoms with E-state index in [1.54, 1.807) is 23.1 Å². The maximum Gasteiger partial charge on any atom is 0.280 e. The minimum atomic E-state index is -3.69. The summed E-state index contributed by atoms with van der Waals surface area (Å²) in [5, 5.41) is 7.55. The van der Waals surface area contributed by atoms with Gasteiger partial charge in [-0.15, -0.1) is 0 Å². The number of nitrogens with zero attached hydrogens (tertiary/aromatic N) is 2. The van der Waals surface area contributed by atoms with Crippen molar-refractivity contribution in [2.75, 3.05) is 13.1 Å². The molecular formula is C21H25N5O3S. The Morgan fingerprint density at radius 1 is 1.17 bits per heavy atom. The van der Waals surface area contributed by atoms with Crippen LogP contribution in [0.3, 0.4) is 0 Å². The van der Waals surface area contributed by atoms with Gasteiger partial charge in [0.2, 0.25) is 5.91 Å². The van der Waals surface area contributed by atoms with Crippen molar-refractivity contribution in [3.63, 3.8) is 0 Å². The first-order valence-electron chi connectivity index (χ1n) is 9.87. The second-order valence-electron chi connectivity index (χ2n) is 7.76. The van der Waals surface area contributed by atoms with Crippen molar-refractivity contribution in [1.82, 2.24) is 13.9 Å². The largest absolute Gasteiger partial charge is 0.384 e. The first-order valence-corrected chi connectivity index (χ1v) is 11.3.